The Bertz CT molecular complexity index is 657. The molecule has 0 bridgehead atoms. The van der Waals surface area contributed by atoms with Crippen LogP contribution in [-0.2, 0) is 20.3 Å². The molecule has 0 aliphatic carbocycles. The van der Waals surface area contributed by atoms with Gasteiger partial charge >= 0.3 is 0 Å². The van der Waals surface area contributed by atoms with Crippen LogP contribution in [0.4, 0.5) is 5.69 Å². The van der Waals surface area contributed by atoms with Crippen molar-refractivity contribution in [3.05, 3.63) is 23.8 Å². The second kappa shape index (κ2) is 4.13. The Balaban J connectivity index is 2.16. The van der Waals surface area contributed by atoms with Gasteiger partial charge in [-0.3, -0.25) is 9.55 Å². The molecule has 0 amide bonds. The third-order valence-corrected chi connectivity index (χ3v) is 4.96. The minimum atomic E-state index is -4.18. The van der Waals surface area contributed by atoms with E-state index in [0.29, 0.717) is 13.2 Å². The summed E-state index contributed by atoms with van der Waals surface area (Å²) in [6, 6.07) is 4.60. The number of benzene rings is 1. The second-order valence-electron chi connectivity index (χ2n) is 5.05. The van der Waals surface area contributed by atoms with Crippen LogP contribution in [0, 0.1) is 0 Å². The lowest BCUT2D eigenvalue weighted by molar-refractivity contribution is 0.0716. The number of fused-ring (bicyclic) bond motifs is 2. The molecule has 0 aromatic heterocycles. The SMILES string of the molecule is CC1=Nc2ccc(S(=O)(=O)O)cc2C12CCOCC2. The summed E-state index contributed by atoms with van der Waals surface area (Å²) < 4.78 is 37.1. The number of ether oxygens (including phenoxy) is 1. The predicted molar refractivity (Wildman–Crippen MR) is 70.8 cm³/mol. The third-order valence-electron chi connectivity index (χ3n) is 4.11. The molecule has 1 saturated heterocycles. The highest BCUT2D eigenvalue weighted by Gasteiger charge is 2.42. The van der Waals surface area contributed by atoms with E-state index in [9.17, 15) is 13.0 Å². The number of aliphatic imine (C=N–C) groups is 1. The highest BCUT2D eigenvalue weighted by atomic mass is 32.2. The van der Waals surface area contributed by atoms with E-state index in [0.717, 1.165) is 29.8 Å². The van der Waals surface area contributed by atoms with Crippen molar-refractivity contribution >= 4 is 21.5 Å². The predicted octanol–water partition coefficient (Wildman–Crippen LogP) is 2.09. The van der Waals surface area contributed by atoms with E-state index in [4.69, 9.17) is 4.74 Å². The second-order valence-corrected chi connectivity index (χ2v) is 6.47. The van der Waals surface area contributed by atoms with Gasteiger partial charge in [-0.1, -0.05) is 0 Å². The lowest BCUT2D eigenvalue weighted by Gasteiger charge is -2.34. The van der Waals surface area contributed by atoms with E-state index in [1.807, 2.05) is 6.92 Å². The maximum absolute atomic E-state index is 11.3. The average Bonchev–Trinajstić information content (AvgIpc) is 2.62. The molecule has 102 valence electrons. The average molecular weight is 281 g/mol. The quantitative estimate of drug-likeness (QED) is 0.800. The van der Waals surface area contributed by atoms with Gasteiger partial charge in [-0.2, -0.15) is 8.42 Å². The van der Waals surface area contributed by atoms with Gasteiger partial charge in [0.1, 0.15) is 0 Å². The van der Waals surface area contributed by atoms with Crippen LogP contribution in [0.15, 0.2) is 28.1 Å². The summed E-state index contributed by atoms with van der Waals surface area (Å²) in [7, 11) is -4.18. The molecule has 2 heterocycles. The Morgan fingerprint density at radius 2 is 2.00 bits per heavy atom. The molecular formula is C13H15NO4S. The Morgan fingerprint density at radius 3 is 2.63 bits per heavy atom. The van der Waals surface area contributed by atoms with Crippen LogP contribution >= 0.6 is 0 Å². The zero-order valence-corrected chi connectivity index (χ0v) is 11.4. The summed E-state index contributed by atoms with van der Waals surface area (Å²) in [6.45, 7) is 3.25. The maximum atomic E-state index is 11.3. The fourth-order valence-corrected chi connectivity index (χ4v) is 3.50. The van der Waals surface area contributed by atoms with Crippen molar-refractivity contribution in [1.29, 1.82) is 0 Å². The molecule has 2 aliphatic rings. The molecule has 0 radical (unpaired) electrons. The lowest BCUT2D eigenvalue weighted by atomic mass is 9.72. The van der Waals surface area contributed by atoms with Crippen LogP contribution < -0.4 is 0 Å². The highest BCUT2D eigenvalue weighted by molar-refractivity contribution is 7.85. The van der Waals surface area contributed by atoms with Gasteiger partial charge in [-0.15, -0.1) is 0 Å². The molecule has 3 rings (SSSR count). The van der Waals surface area contributed by atoms with Crippen molar-refractivity contribution in [2.45, 2.75) is 30.1 Å². The lowest BCUT2D eigenvalue weighted by Crippen LogP contribution is -2.38. The molecule has 1 aromatic carbocycles. The van der Waals surface area contributed by atoms with Crippen molar-refractivity contribution in [3.8, 4) is 0 Å². The first-order valence-corrected chi connectivity index (χ1v) is 7.63. The Labute approximate surface area is 112 Å². The van der Waals surface area contributed by atoms with E-state index in [1.54, 1.807) is 12.1 Å². The van der Waals surface area contributed by atoms with E-state index < -0.39 is 10.1 Å². The summed E-state index contributed by atoms with van der Waals surface area (Å²) >= 11 is 0. The first-order chi connectivity index (χ1) is 8.93. The zero-order valence-electron chi connectivity index (χ0n) is 10.6. The van der Waals surface area contributed by atoms with Gasteiger partial charge in [0.2, 0.25) is 0 Å². The van der Waals surface area contributed by atoms with Crippen LogP contribution in [0.3, 0.4) is 0 Å². The van der Waals surface area contributed by atoms with Crippen molar-refractivity contribution < 1.29 is 17.7 Å². The van der Waals surface area contributed by atoms with E-state index >= 15 is 0 Å². The highest BCUT2D eigenvalue weighted by Crippen LogP contribution is 2.46. The van der Waals surface area contributed by atoms with Crippen molar-refractivity contribution in [3.63, 3.8) is 0 Å². The molecule has 1 fully saturated rings. The van der Waals surface area contributed by atoms with Gasteiger partial charge in [0.05, 0.1) is 10.6 Å². The minimum Gasteiger partial charge on any atom is -0.381 e. The topological polar surface area (TPSA) is 76.0 Å². The molecule has 1 N–H and O–H groups in total. The van der Waals surface area contributed by atoms with E-state index in [1.165, 1.54) is 6.07 Å². The maximum Gasteiger partial charge on any atom is 0.294 e. The largest absolute Gasteiger partial charge is 0.381 e. The van der Waals surface area contributed by atoms with Gasteiger partial charge in [-0.05, 0) is 43.5 Å². The molecule has 6 heteroatoms. The van der Waals surface area contributed by atoms with Crippen molar-refractivity contribution in [1.82, 2.24) is 0 Å². The number of rotatable bonds is 1. The van der Waals surface area contributed by atoms with Crippen LogP contribution in [0.1, 0.15) is 25.3 Å². The minimum absolute atomic E-state index is 0.0676. The molecule has 1 aromatic rings. The molecule has 0 saturated carbocycles. The van der Waals surface area contributed by atoms with Gasteiger partial charge in [0.15, 0.2) is 0 Å². The van der Waals surface area contributed by atoms with E-state index in [2.05, 4.69) is 4.99 Å². The Kier molecular flexibility index (Phi) is 2.78. The molecule has 1 spiro atoms. The van der Waals surface area contributed by atoms with Gasteiger partial charge in [0.25, 0.3) is 10.1 Å². The zero-order chi connectivity index (χ0) is 13.7. The molecule has 0 unspecified atom stereocenters. The molecule has 2 aliphatic heterocycles. The Morgan fingerprint density at radius 1 is 1.32 bits per heavy atom. The fraction of sp³-hybridized carbons (Fsp3) is 0.462. The standard InChI is InChI=1S/C13H15NO4S/c1-9-13(4-6-18-7-5-13)11-8-10(19(15,16)17)2-3-12(11)14-9/h2-3,8H,4-7H2,1H3,(H,15,16,17). The summed E-state index contributed by atoms with van der Waals surface area (Å²) in [6.07, 6.45) is 1.59. The van der Waals surface area contributed by atoms with Gasteiger partial charge in [0, 0.05) is 24.3 Å². The van der Waals surface area contributed by atoms with Crippen LogP contribution in [0.2, 0.25) is 0 Å². The van der Waals surface area contributed by atoms with Crippen LogP contribution in [0.25, 0.3) is 0 Å². The van der Waals surface area contributed by atoms with Crippen molar-refractivity contribution in [2.75, 3.05) is 13.2 Å². The summed E-state index contributed by atoms with van der Waals surface area (Å²) in [5.74, 6) is 0. The number of hydrogen-bond donors (Lipinski definition) is 1. The number of hydrogen-bond acceptors (Lipinski definition) is 4. The summed E-state index contributed by atoms with van der Waals surface area (Å²) in [5, 5.41) is 0. The number of nitrogens with zero attached hydrogens (tertiary/aromatic N) is 1. The van der Waals surface area contributed by atoms with Crippen molar-refractivity contribution in [2.24, 2.45) is 4.99 Å². The summed E-state index contributed by atoms with van der Waals surface area (Å²) in [5.41, 5.74) is 2.46. The smallest absolute Gasteiger partial charge is 0.294 e. The Hall–Kier alpha value is -1.24. The van der Waals surface area contributed by atoms with Crippen LogP contribution in [0.5, 0.6) is 0 Å². The fourth-order valence-electron chi connectivity index (χ4n) is 2.99. The van der Waals surface area contributed by atoms with Gasteiger partial charge in [-0.25, -0.2) is 0 Å². The molecule has 0 atom stereocenters. The molecule has 19 heavy (non-hydrogen) atoms. The van der Waals surface area contributed by atoms with Gasteiger partial charge < -0.3 is 4.74 Å². The normalized spacial score (nSPS) is 21.3. The third kappa shape index (κ3) is 1.91. The molecule has 5 nitrogen and oxygen atoms in total. The summed E-state index contributed by atoms with van der Waals surface area (Å²) in [4.78, 5) is 4.47. The molecular weight excluding hydrogens is 266 g/mol. The first-order valence-electron chi connectivity index (χ1n) is 6.19. The van der Waals surface area contributed by atoms with E-state index in [-0.39, 0.29) is 10.3 Å². The first kappa shape index (κ1) is 12.8. The monoisotopic (exact) mass is 281 g/mol. The van der Waals surface area contributed by atoms with Crippen LogP contribution in [-0.4, -0.2) is 31.9 Å².